The highest BCUT2D eigenvalue weighted by Crippen LogP contribution is 2.77. The summed E-state index contributed by atoms with van der Waals surface area (Å²) in [5.41, 5.74) is 5.29. The van der Waals surface area contributed by atoms with Crippen molar-refractivity contribution in [2.45, 2.75) is 106 Å². The molecule has 45 heavy (non-hydrogen) atoms. The van der Waals surface area contributed by atoms with Crippen LogP contribution in [0.5, 0.6) is 0 Å². The minimum atomic E-state index is -0.872. The largest absolute Gasteiger partial charge is 0.481 e. The van der Waals surface area contributed by atoms with Gasteiger partial charge in [-0.05, 0) is 145 Å². The number of hydrogen-bond donors (Lipinski definition) is 3. The molecule has 1 aromatic rings. The van der Waals surface area contributed by atoms with Gasteiger partial charge in [0.1, 0.15) is 0 Å². The van der Waals surface area contributed by atoms with Crippen LogP contribution in [0.25, 0.3) is 5.57 Å². The maximum atomic E-state index is 11.5. The molecular weight excluding hydrogens is 558 g/mol. The normalized spacial score (nSPS) is 41.6. The first kappa shape index (κ1) is 32.5. The molecule has 5 aliphatic rings. The Morgan fingerprint density at radius 2 is 1.60 bits per heavy atom. The monoisotopic (exact) mass is 615 g/mol. The fourth-order valence-corrected chi connectivity index (χ4v) is 13.0. The first-order valence-corrected chi connectivity index (χ1v) is 17.7. The van der Waals surface area contributed by atoms with Crippen LogP contribution < -0.4 is 5.32 Å². The highest BCUT2D eigenvalue weighted by Gasteiger charge is 2.70. The quantitative estimate of drug-likeness (QED) is 0.201. The minimum Gasteiger partial charge on any atom is -0.481 e. The topological polar surface area (TPSA) is 86.6 Å². The molecule has 4 saturated carbocycles. The predicted octanol–water partition coefficient (Wildman–Crippen LogP) is 9.10. The molecule has 6 rings (SSSR count). The number of carboxylic acids is 2. The van der Waals surface area contributed by atoms with E-state index in [9.17, 15) is 19.8 Å². The fourth-order valence-electron chi connectivity index (χ4n) is 13.0. The second-order valence-electron chi connectivity index (χ2n) is 17.3. The number of carboxylic acid groups (broad SMARTS) is 2. The molecule has 1 aromatic carbocycles. The van der Waals surface area contributed by atoms with E-state index in [0.29, 0.717) is 41.7 Å². The third-order valence-electron chi connectivity index (χ3n) is 15.3. The van der Waals surface area contributed by atoms with Crippen LogP contribution in [-0.4, -0.2) is 35.2 Å². The molecule has 9 atom stereocenters. The molecule has 5 heteroatoms. The van der Waals surface area contributed by atoms with Gasteiger partial charge in [-0.25, -0.2) is 4.79 Å². The maximum Gasteiger partial charge on any atom is 0.335 e. The van der Waals surface area contributed by atoms with Crippen molar-refractivity contribution in [1.29, 1.82) is 0 Å². The van der Waals surface area contributed by atoms with Gasteiger partial charge in [-0.2, -0.15) is 0 Å². The van der Waals surface area contributed by atoms with Gasteiger partial charge in [0.2, 0.25) is 0 Å². The molecular formula is C40H57NO4. The van der Waals surface area contributed by atoms with E-state index in [1.165, 1.54) is 68.1 Å². The van der Waals surface area contributed by atoms with Crippen LogP contribution in [0.3, 0.4) is 0 Å². The van der Waals surface area contributed by atoms with E-state index < -0.39 is 11.9 Å². The lowest BCUT2D eigenvalue weighted by Crippen LogP contribution is -2.65. The van der Waals surface area contributed by atoms with Gasteiger partial charge < -0.3 is 15.5 Å². The van der Waals surface area contributed by atoms with E-state index in [1.807, 2.05) is 12.1 Å². The number of nitrogens with one attached hydrogen (secondary N) is 1. The zero-order valence-electron chi connectivity index (χ0n) is 28.7. The summed E-state index contributed by atoms with van der Waals surface area (Å²) in [6.45, 7) is 21.2. The number of benzene rings is 1. The first-order valence-electron chi connectivity index (χ1n) is 17.7. The van der Waals surface area contributed by atoms with Crippen LogP contribution >= 0.6 is 0 Å². The molecule has 0 radical (unpaired) electrons. The van der Waals surface area contributed by atoms with Gasteiger partial charge in [0.05, 0.1) is 12.0 Å². The van der Waals surface area contributed by atoms with Crippen molar-refractivity contribution >= 4 is 17.5 Å². The van der Waals surface area contributed by atoms with E-state index in [0.717, 1.165) is 13.0 Å². The van der Waals surface area contributed by atoms with Crippen LogP contribution in [-0.2, 0) is 4.79 Å². The second-order valence-corrected chi connectivity index (χ2v) is 17.3. The van der Waals surface area contributed by atoms with Gasteiger partial charge in [-0.1, -0.05) is 65.0 Å². The molecule has 0 spiro atoms. The number of rotatable bonds is 8. The predicted molar refractivity (Wildman–Crippen MR) is 181 cm³/mol. The summed E-state index contributed by atoms with van der Waals surface area (Å²) < 4.78 is 0. The third-order valence-corrected chi connectivity index (χ3v) is 15.3. The molecule has 5 nitrogen and oxygen atoms in total. The Morgan fingerprint density at radius 3 is 2.24 bits per heavy atom. The molecule has 0 heterocycles. The Bertz CT molecular complexity index is 1390. The highest BCUT2D eigenvalue weighted by molar-refractivity contribution is 5.88. The van der Waals surface area contributed by atoms with Crippen molar-refractivity contribution in [2.75, 3.05) is 13.1 Å². The van der Waals surface area contributed by atoms with Crippen LogP contribution in [0.1, 0.15) is 122 Å². The van der Waals surface area contributed by atoms with E-state index in [-0.39, 0.29) is 33.5 Å². The SMILES string of the molecule is C=C(C)C1CCC2(CNCCC(=O)O)CCC3(C)C(CCC4C5(C)CC=C(c6ccc(C(=O)O)cc6)C(C)(C)C5CCC43C)C12. The molecule has 0 bridgehead atoms. The van der Waals surface area contributed by atoms with Crippen LogP contribution in [0.4, 0.5) is 0 Å². The van der Waals surface area contributed by atoms with E-state index >= 15 is 0 Å². The summed E-state index contributed by atoms with van der Waals surface area (Å²) >= 11 is 0. The van der Waals surface area contributed by atoms with Gasteiger partial charge in [0.25, 0.3) is 0 Å². The summed E-state index contributed by atoms with van der Waals surface area (Å²) in [6.07, 6.45) is 13.8. The standard InChI is InChI=1S/C40H57NO4/c1-25(2)28-14-20-40(24-41-23-17-33(42)43)22-21-38(6)30(34(28)40)12-13-32-37(5)18-15-29(26-8-10-27(11-9-26)35(44)45)36(3,4)31(37)16-19-39(32,38)7/h8-11,15,28,30-32,34,41H,1,12-14,16-24H2,2-7H3,(H,42,43)(H,44,45). The molecule has 0 saturated heterocycles. The maximum absolute atomic E-state index is 11.5. The Labute approximate surface area is 271 Å². The second kappa shape index (κ2) is 11.1. The molecule has 0 aromatic heterocycles. The first-order chi connectivity index (χ1) is 21.1. The van der Waals surface area contributed by atoms with Crippen LogP contribution in [0.15, 0.2) is 42.5 Å². The van der Waals surface area contributed by atoms with E-state index in [1.54, 1.807) is 12.1 Å². The number of fused-ring (bicyclic) bond motifs is 7. The van der Waals surface area contributed by atoms with Crippen molar-refractivity contribution in [1.82, 2.24) is 5.32 Å². The highest BCUT2D eigenvalue weighted by atomic mass is 16.4. The van der Waals surface area contributed by atoms with E-state index in [4.69, 9.17) is 0 Å². The Morgan fingerprint density at radius 1 is 0.889 bits per heavy atom. The number of aromatic carboxylic acids is 1. The number of carbonyl (C=O) groups is 2. The average molecular weight is 616 g/mol. The van der Waals surface area contributed by atoms with Crippen LogP contribution in [0.2, 0.25) is 0 Å². The number of allylic oxidation sites excluding steroid dienone is 3. The summed E-state index contributed by atoms with van der Waals surface area (Å²) in [5.74, 6) is 1.52. The molecule has 0 amide bonds. The molecule has 3 N–H and O–H groups in total. The van der Waals surface area contributed by atoms with Crippen molar-refractivity contribution in [3.63, 3.8) is 0 Å². The molecule has 246 valence electrons. The molecule has 4 fully saturated rings. The third kappa shape index (κ3) is 4.80. The average Bonchev–Trinajstić information content (AvgIpc) is 3.36. The molecule has 0 aliphatic heterocycles. The number of hydrogen-bond acceptors (Lipinski definition) is 3. The van der Waals surface area contributed by atoms with Gasteiger partial charge in [-0.15, -0.1) is 0 Å². The van der Waals surface area contributed by atoms with Crippen molar-refractivity contribution in [2.24, 2.45) is 56.7 Å². The molecule has 9 unspecified atom stereocenters. The van der Waals surface area contributed by atoms with Gasteiger partial charge in [0, 0.05) is 13.1 Å². The summed E-state index contributed by atoms with van der Waals surface area (Å²) in [5, 5.41) is 22.3. The summed E-state index contributed by atoms with van der Waals surface area (Å²) in [6, 6.07) is 7.55. The lowest BCUT2D eigenvalue weighted by atomic mass is 9.32. The zero-order valence-corrected chi connectivity index (χ0v) is 28.7. The fraction of sp³-hybridized carbons (Fsp3) is 0.700. The summed E-state index contributed by atoms with van der Waals surface area (Å²) in [4.78, 5) is 22.7. The van der Waals surface area contributed by atoms with E-state index in [2.05, 4.69) is 59.5 Å². The smallest absolute Gasteiger partial charge is 0.335 e. The van der Waals surface area contributed by atoms with Crippen molar-refractivity contribution in [3.8, 4) is 0 Å². The Balaban J connectivity index is 1.31. The van der Waals surface area contributed by atoms with Crippen LogP contribution in [0, 0.1) is 56.7 Å². The van der Waals surface area contributed by atoms with Crippen molar-refractivity contribution in [3.05, 3.63) is 53.6 Å². The number of aliphatic carboxylic acids is 1. The lowest BCUT2D eigenvalue weighted by Gasteiger charge is -2.72. The Kier molecular flexibility index (Phi) is 8.03. The van der Waals surface area contributed by atoms with Crippen molar-refractivity contribution < 1.29 is 19.8 Å². The minimum absolute atomic E-state index is 0.0106. The zero-order chi connectivity index (χ0) is 32.6. The van der Waals surface area contributed by atoms with Gasteiger partial charge >= 0.3 is 11.9 Å². The van der Waals surface area contributed by atoms with Gasteiger partial charge in [-0.3, -0.25) is 4.79 Å². The molecule has 5 aliphatic carbocycles. The summed E-state index contributed by atoms with van der Waals surface area (Å²) in [7, 11) is 0. The Hall–Kier alpha value is -2.40. The van der Waals surface area contributed by atoms with Gasteiger partial charge in [0.15, 0.2) is 0 Å². The lowest BCUT2D eigenvalue weighted by molar-refractivity contribution is -0.225.